The molecule has 4 heteroatoms. The van der Waals surface area contributed by atoms with Gasteiger partial charge < -0.3 is 0 Å². The fourth-order valence-electron chi connectivity index (χ4n) is 0.366. The van der Waals surface area contributed by atoms with Crippen molar-refractivity contribution in [1.29, 1.82) is 0 Å². The van der Waals surface area contributed by atoms with Crippen LogP contribution in [0.4, 0.5) is 0 Å². The zero-order valence-electron chi connectivity index (χ0n) is 5.29. The fourth-order valence-corrected chi connectivity index (χ4v) is 0.649. The van der Waals surface area contributed by atoms with E-state index in [9.17, 15) is 4.79 Å². The van der Waals surface area contributed by atoms with Gasteiger partial charge in [-0.3, -0.25) is 0 Å². The van der Waals surface area contributed by atoms with Crippen LogP contribution < -0.4 is 5.32 Å². The topological polar surface area (TPSA) is 29.1 Å². The molecule has 0 radical (unpaired) electrons. The molecule has 0 spiro atoms. The van der Waals surface area contributed by atoms with Crippen molar-refractivity contribution in [2.75, 3.05) is 5.75 Å². The van der Waals surface area contributed by atoms with E-state index in [1.54, 1.807) is 0 Å². The third-order valence-corrected chi connectivity index (χ3v) is 2.26. The molecule has 0 aromatic rings. The molecule has 0 aromatic heterocycles. The summed E-state index contributed by atoms with van der Waals surface area (Å²) >= 11 is 6.24. The van der Waals surface area contributed by atoms with Gasteiger partial charge in [0.2, 0.25) is 0 Å². The summed E-state index contributed by atoms with van der Waals surface area (Å²) in [6, 6.07) is 0.254. The van der Waals surface area contributed by atoms with Crippen LogP contribution in [0.3, 0.4) is 0 Å². The van der Waals surface area contributed by atoms with Gasteiger partial charge in [0, 0.05) is 0 Å². The summed E-state index contributed by atoms with van der Waals surface area (Å²) in [5.74, 6) is 0.272. The molecule has 0 aliphatic rings. The number of carbonyl (C=O) groups excluding carboxylic acids is 1. The van der Waals surface area contributed by atoms with Crippen LogP contribution in [-0.4, -0.2) is 33.7 Å². The van der Waals surface area contributed by atoms with Crippen LogP contribution in [0.25, 0.3) is 0 Å². The van der Waals surface area contributed by atoms with Crippen LogP contribution in [0.15, 0.2) is 0 Å². The second kappa shape index (κ2) is 5.15. The van der Waals surface area contributed by atoms with E-state index in [1.165, 1.54) is 0 Å². The minimum atomic E-state index is -0.00289. The van der Waals surface area contributed by atoms with Gasteiger partial charge in [0.05, 0.1) is 0 Å². The van der Waals surface area contributed by atoms with Gasteiger partial charge in [-0.05, 0) is 0 Å². The van der Waals surface area contributed by atoms with Crippen molar-refractivity contribution in [3.63, 3.8) is 0 Å². The zero-order chi connectivity index (χ0) is 7.28. The van der Waals surface area contributed by atoms with Crippen molar-refractivity contribution in [3.05, 3.63) is 0 Å². The van der Waals surface area contributed by atoms with E-state index in [0.29, 0.717) is 0 Å². The van der Waals surface area contributed by atoms with Crippen LogP contribution in [0.5, 0.6) is 0 Å². The molecular formula is C5H11NOSSe. The monoisotopic (exact) mass is 213 g/mol. The van der Waals surface area contributed by atoms with E-state index in [-0.39, 0.29) is 17.7 Å². The molecule has 2 nitrogen and oxygen atoms in total. The molecular weight excluding hydrogens is 201 g/mol. The van der Waals surface area contributed by atoms with Crippen LogP contribution in [0, 0.1) is 0 Å². The molecule has 0 heterocycles. The Morgan fingerprint density at radius 1 is 1.89 bits per heavy atom. The van der Waals surface area contributed by atoms with Gasteiger partial charge in [0.25, 0.3) is 0 Å². The third-order valence-electron chi connectivity index (χ3n) is 0.825. The zero-order valence-corrected chi connectivity index (χ0v) is 8.07. The Kier molecular flexibility index (Phi) is 5.34. The standard InChI is InChI=1S/C5H11NOSSe/c1-4(3-9)6-5(7)2-8/h4,8-9H,2-3H2,1H3,(H,6,7). The van der Waals surface area contributed by atoms with Gasteiger partial charge in [-0.15, -0.1) is 0 Å². The van der Waals surface area contributed by atoms with Gasteiger partial charge in [0.1, 0.15) is 0 Å². The molecule has 9 heavy (non-hydrogen) atoms. The van der Waals surface area contributed by atoms with Crippen LogP contribution in [0.2, 0.25) is 5.32 Å². The molecule has 1 N–H and O–H groups in total. The Morgan fingerprint density at radius 2 is 2.44 bits per heavy atom. The molecule has 0 aliphatic heterocycles. The summed E-state index contributed by atoms with van der Waals surface area (Å²) in [5, 5.41) is 3.66. The Hall–Kier alpha value is 0.339. The Morgan fingerprint density at radius 3 is 2.78 bits per heavy atom. The summed E-state index contributed by atoms with van der Waals surface area (Å²) in [7, 11) is 0. The summed E-state index contributed by atoms with van der Waals surface area (Å²) in [4.78, 5) is 10.6. The molecule has 0 fully saturated rings. The Bertz CT molecular complexity index is 99.0. The molecule has 1 unspecified atom stereocenters. The maximum absolute atomic E-state index is 10.6. The van der Waals surface area contributed by atoms with Gasteiger partial charge in [-0.25, -0.2) is 0 Å². The second-order valence-corrected chi connectivity index (χ2v) is 2.89. The first-order chi connectivity index (χ1) is 4.20. The number of thiol groups is 1. The first-order valence-corrected chi connectivity index (χ1v) is 4.67. The van der Waals surface area contributed by atoms with Gasteiger partial charge >= 0.3 is 68.7 Å². The van der Waals surface area contributed by atoms with Crippen LogP contribution in [-0.2, 0) is 4.79 Å². The molecule has 0 saturated carbocycles. The van der Waals surface area contributed by atoms with Crippen molar-refractivity contribution in [2.24, 2.45) is 0 Å². The predicted octanol–water partition coefficient (Wildman–Crippen LogP) is -0.260. The van der Waals surface area contributed by atoms with E-state index >= 15 is 0 Å². The summed E-state index contributed by atoms with van der Waals surface area (Å²) in [6.45, 7) is 1.96. The number of hydrogen-bond donors (Lipinski definition) is 2. The van der Waals surface area contributed by atoms with Gasteiger partial charge in [-0.2, -0.15) is 0 Å². The molecule has 54 valence electrons. The first kappa shape index (κ1) is 9.34. The van der Waals surface area contributed by atoms with Crippen molar-refractivity contribution in [3.8, 4) is 0 Å². The molecule has 0 bridgehead atoms. The number of carbonyl (C=O) groups is 1. The number of nitrogens with one attached hydrogen (secondary N) is 1. The van der Waals surface area contributed by atoms with E-state index < -0.39 is 0 Å². The average molecular weight is 212 g/mol. The SMILES string of the molecule is CC(C[SeH])NC(=O)CS. The van der Waals surface area contributed by atoms with Crippen molar-refractivity contribution in [2.45, 2.75) is 18.3 Å². The fraction of sp³-hybridized carbons (Fsp3) is 0.800. The molecule has 0 rings (SSSR count). The predicted molar refractivity (Wildman–Crippen MR) is 43.4 cm³/mol. The Labute approximate surface area is 69.0 Å². The summed E-state index contributed by atoms with van der Waals surface area (Å²) in [6.07, 6.45) is 0. The van der Waals surface area contributed by atoms with Crippen LogP contribution >= 0.6 is 12.6 Å². The third kappa shape index (κ3) is 4.82. The minimum absolute atomic E-state index is 0.00289. The summed E-state index contributed by atoms with van der Waals surface area (Å²) in [5.41, 5.74) is 0. The maximum atomic E-state index is 10.6. The second-order valence-electron chi connectivity index (χ2n) is 1.81. The average Bonchev–Trinajstić information content (AvgIpc) is 1.87. The van der Waals surface area contributed by atoms with Gasteiger partial charge in [0.15, 0.2) is 0 Å². The van der Waals surface area contributed by atoms with Crippen molar-refractivity contribution < 1.29 is 4.79 Å². The van der Waals surface area contributed by atoms with E-state index in [1.807, 2.05) is 6.92 Å². The normalized spacial score (nSPS) is 12.8. The van der Waals surface area contributed by atoms with E-state index in [4.69, 9.17) is 0 Å². The summed E-state index contributed by atoms with van der Waals surface area (Å²) < 4.78 is 0. The molecule has 0 aromatic carbocycles. The van der Waals surface area contributed by atoms with E-state index in [0.717, 1.165) is 5.32 Å². The number of amides is 1. The molecule has 1 atom stereocenters. The Balaban J connectivity index is 3.34. The number of rotatable bonds is 3. The molecule has 0 saturated heterocycles. The van der Waals surface area contributed by atoms with E-state index in [2.05, 4.69) is 34.0 Å². The van der Waals surface area contributed by atoms with Crippen LogP contribution in [0.1, 0.15) is 6.92 Å². The molecule has 1 amide bonds. The number of hydrogen-bond acceptors (Lipinski definition) is 2. The van der Waals surface area contributed by atoms with Crippen molar-refractivity contribution >= 4 is 34.5 Å². The molecule has 0 aliphatic carbocycles. The first-order valence-electron chi connectivity index (χ1n) is 2.71. The van der Waals surface area contributed by atoms with Gasteiger partial charge in [-0.1, -0.05) is 0 Å². The van der Waals surface area contributed by atoms with Crippen molar-refractivity contribution in [1.82, 2.24) is 5.32 Å². The quantitative estimate of drug-likeness (QED) is 0.490.